The van der Waals surface area contributed by atoms with Gasteiger partial charge in [-0.25, -0.2) is 4.79 Å². The van der Waals surface area contributed by atoms with Gasteiger partial charge in [0, 0.05) is 43.7 Å². The van der Waals surface area contributed by atoms with Crippen molar-refractivity contribution in [3.63, 3.8) is 0 Å². The van der Waals surface area contributed by atoms with E-state index < -0.39 is 35.8 Å². The Morgan fingerprint density at radius 3 is 2.35 bits per heavy atom. The van der Waals surface area contributed by atoms with Crippen LogP contribution < -0.4 is 10.2 Å². The Morgan fingerprint density at radius 1 is 1.03 bits per heavy atom. The summed E-state index contributed by atoms with van der Waals surface area (Å²) < 4.78 is 0. The smallest absolute Gasteiger partial charge is 0.407 e. The number of piperidine rings is 2. The van der Waals surface area contributed by atoms with Crippen molar-refractivity contribution in [1.82, 2.24) is 15.1 Å². The van der Waals surface area contributed by atoms with Crippen LogP contribution in [0.5, 0.6) is 0 Å². The Labute approximate surface area is 177 Å². The summed E-state index contributed by atoms with van der Waals surface area (Å²) in [7, 11) is 0. The second kappa shape index (κ2) is 6.79. The molecule has 1 aromatic rings. The van der Waals surface area contributed by atoms with Gasteiger partial charge in [-0.1, -0.05) is 0 Å². The van der Waals surface area contributed by atoms with Gasteiger partial charge in [-0.2, -0.15) is 0 Å². The van der Waals surface area contributed by atoms with E-state index in [2.05, 4.69) is 10.2 Å². The summed E-state index contributed by atoms with van der Waals surface area (Å²) in [4.78, 5) is 65.0. The molecule has 10 heteroatoms. The SMILES string of the molecule is O=C1CCC(N2C(=O)c3ccc(N4CCC5(CC4)CN(C(=O)O)C5)cc3C2=O)C(=O)N1. The third-order valence-electron chi connectivity index (χ3n) is 6.94. The van der Waals surface area contributed by atoms with Crippen molar-refractivity contribution >= 4 is 35.4 Å². The number of benzene rings is 1. The molecule has 0 aromatic heterocycles. The van der Waals surface area contributed by atoms with Crippen LogP contribution in [0.3, 0.4) is 0 Å². The number of amides is 5. The lowest BCUT2D eigenvalue weighted by atomic mass is 9.72. The molecule has 0 aliphatic carbocycles. The number of hydrogen-bond donors (Lipinski definition) is 2. The molecule has 31 heavy (non-hydrogen) atoms. The van der Waals surface area contributed by atoms with E-state index >= 15 is 0 Å². The van der Waals surface area contributed by atoms with Crippen molar-refractivity contribution in [2.75, 3.05) is 31.1 Å². The maximum Gasteiger partial charge on any atom is 0.407 e. The third-order valence-corrected chi connectivity index (χ3v) is 6.94. The molecule has 1 aromatic carbocycles. The maximum atomic E-state index is 13.0. The van der Waals surface area contributed by atoms with Crippen LogP contribution in [-0.4, -0.2) is 76.8 Å². The second-order valence-corrected chi connectivity index (χ2v) is 8.80. The fourth-order valence-corrected chi connectivity index (χ4v) is 5.11. The summed E-state index contributed by atoms with van der Waals surface area (Å²) in [5.41, 5.74) is 1.41. The molecule has 2 N–H and O–H groups in total. The first-order valence-corrected chi connectivity index (χ1v) is 10.4. The number of anilines is 1. The van der Waals surface area contributed by atoms with Gasteiger partial charge in [0.25, 0.3) is 11.8 Å². The van der Waals surface area contributed by atoms with Crippen molar-refractivity contribution in [1.29, 1.82) is 0 Å². The molecule has 4 heterocycles. The van der Waals surface area contributed by atoms with Crippen LogP contribution in [0.25, 0.3) is 0 Å². The highest BCUT2D eigenvalue weighted by molar-refractivity contribution is 6.23. The predicted octanol–water partition coefficient (Wildman–Crippen LogP) is 0.668. The summed E-state index contributed by atoms with van der Waals surface area (Å²) in [6.45, 7) is 2.61. The molecule has 10 nitrogen and oxygen atoms in total. The lowest BCUT2D eigenvalue weighted by Gasteiger charge is -2.53. The van der Waals surface area contributed by atoms with E-state index in [1.165, 1.54) is 4.90 Å². The molecule has 3 saturated heterocycles. The summed E-state index contributed by atoms with van der Waals surface area (Å²) in [6, 6.07) is 4.15. The van der Waals surface area contributed by atoms with Crippen LogP contribution in [0.2, 0.25) is 0 Å². The van der Waals surface area contributed by atoms with Crippen molar-refractivity contribution in [2.45, 2.75) is 31.7 Å². The maximum absolute atomic E-state index is 13.0. The van der Waals surface area contributed by atoms with Crippen molar-refractivity contribution < 1.29 is 29.1 Å². The average molecular weight is 426 g/mol. The summed E-state index contributed by atoms with van der Waals surface area (Å²) in [6.07, 6.45) is 1.07. The Bertz CT molecular complexity index is 1020. The number of fused-ring (bicyclic) bond motifs is 1. The summed E-state index contributed by atoms with van der Waals surface area (Å²) in [5.74, 6) is -2.05. The average Bonchev–Trinajstić information content (AvgIpc) is 2.96. The highest BCUT2D eigenvalue weighted by Gasteiger charge is 2.48. The van der Waals surface area contributed by atoms with Gasteiger partial charge >= 0.3 is 6.09 Å². The van der Waals surface area contributed by atoms with Gasteiger partial charge in [0.15, 0.2) is 0 Å². The van der Waals surface area contributed by atoms with E-state index in [-0.39, 0.29) is 29.4 Å². The van der Waals surface area contributed by atoms with Gasteiger partial charge in [0.2, 0.25) is 11.8 Å². The Balaban J connectivity index is 1.30. The lowest BCUT2D eigenvalue weighted by molar-refractivity contribution is -0.136. The highest BCUT2D eigenvalue weighted by atomic mass is 16.4. The predicted molar refractivity (Wildman–Crippen MR) is 107 cm³/mol. The highest BCUT2D eigenvalue weighted by Crippen LogP contribution is 2.41. The molecule has 5 rings (SSSR count). The molecular weight excluding hydrogens is 404 g/mol. The van der Waals surface area contributed by atoms with E-state index in [1.807, 2.05) is 0 Å². The Kier molecular flexibility index (Phi) is 4.28. The number of nitrogens with one attached hydrogen (secondary N) is 1. The third kappa shape index (κ3) is 3.05. The first-order valence-electron chi connectivity index (χ1n) is 10.4. The molecule has 0 saturated carbocycles. The van der Waals surface area contributed by atoms with E-state index in [0.717, 1.165) is 36.5 Å². The fraction of sp³-hybridized carbons (Fsp3) is 0.476. The molecule has 162 valence electrons. The quantitative estimate of drug-likeness (QED) is 0.665. The topological polar surface area (TPSA) is 127 Å². The molecule has 1 unspecified atom stereocenters. The van der Waals surface area contributed by atoms with Gasteiger partial charge in [-0.05, 0) is 37.5 Å². The molecule has 0 radical (unpaired) electrons. The van der Waals surface area contributed by atoms with Crippen LogP contribution in [0.1, 0.15) is 46.4 Å². The van der Waals surface area contributed by atoms with Crippen LogP contribution in [0.4, 0.5) is 10.5 Å². The largest absolute Gasteiger partial charge is 0.465 e. The Morgan fingerprint density at radius 2 is 1.71 bits per heavy atom. The molecule has 3 fully saturated rings. The number of carbonyl (C=O) groups is 5. The van der Waals surface area contributed by atoms with Crippen LogP contribution in [0, 0.1) is 5.41 Å². The van der Waals surface area contributed by atoms with E-state index in [0.29, 0.717) is 13.1 Å². The Hall–Kier alpha value is -3.43. The van der Waals surface area contributed by atoms with Crippen LogP contribution in [-0.2, 0) is 9.59 Å². The molecule has 4 aliphatic rings. The minimum absolute atomic E-state index is 0.0416. The zero-order valence-corrected chi connectivity index (χ0v) is 16.8. The van der Waals surface area contributed by atoms with E-state index in [4.69, 9.17) is 5.11 Å². The number of hydrogen-bond acceptors (Lipinski definition) is 6. The molecule has 4 aliphatic heterocycles. The first-order chi connectivity index (χ1) is 14.8. The van der Waals surface area contributed by atoms with E-state index in [1.54, 1.807) is 18.2 Å². The molecule has 1 spiro atoms. The monoisotopic (exact) mass is 426 g/mol. The van der Waals surface area contributed by atoms with Gasteiger partial charge in [-0.15, -0.1) is 0 Å². The van der Waals surface area contributed by atoms with E-state index in [9.17, 15) is 24.0 Å². The molecular formula is C21H22N4O6. The number of likely N-dealkylation sites (tertiary alicyclic amines) is 1. The normalized spacial score (nSPS) is 24.9. The van der Waals surface area contributed by atoms with Crippen LogP contribution >= 0.6 is 0 Å². The minimum atomic E-state index is -0.973. The molecule has 0 bridgehead atoms. The van der Waals surface area contributed by atoms with Gasteiger partial charge in [0.1, 0.15) is 6.04 Å². The van der Waals surface area contributed by atoms with Crippen molar-refractivity contribution in [3.8, 4) is 0 Å². The van der Waals surface area contributed by atoms with Crippen molar-refractivity contribution in [3.05, 3.63) is 29.3 Å². The standard InChI is InChI=1S/C21H22N4O6/c26-16-4-3-15(17(27)22-16)25-18(28)13-2-1-12(9-14(13)19(25)29)23-7-5-21(6-8-23)10-24(11-21)20(30)31/h1-2,9,15H,3-8,10-11H2,(H,30,31)(H,22,26,27). The number of imide groups is 2. The summed E-state index contributed by atoms with van der Waals surface area (Å²) >= 11 is 0. The zero-order valence-electron chi connectivity index (χ0n) is 16.8. The lowest BCUT2D eigenvalue weighted by Crippen LogP contribution is -2.61. The van der Waals surface area contributed by atoms with Gasteiger partial charge in [0.05, 0.1) is 11.1 Å². The van der Waals surface area contributed by atoms with Gasteiger partial charge < -0.3 is 14.9 Å². The van der Waals surface area contributed by atoms with Crippen LogP contribution in [0.15, 0.2) is 18.2 Å². The number of carbonyl (C=O) groups excluding carboxylic acids is 4. The zero-order chi connectivity index (χ0) is 21.9. The molecule has 1 atom stereocenters. The minimum Gasteiger partial charge on any atom is -0.465 e. The summed E-state index contributed by atoms with van der Waals surface area (Å²) in [5, 5.41) is 11.3. The molecule has 5 amide bonds. The first kappa shape index (κ1) is 19.5. The van der Waals surface area contributed by atoms with Gasteiger partial charge in [-0.3, -0.25) is 29.4 Å². The fourth-order valence-electron chi connectivity index (χ4n) is 5.11. The number of nitrogens with zero attached hydrogens (tertiary/aromatic N) is 3. The number of rotatable bonds is 2. The van der Waals surface area contributed by atoms with Crippen molar-refractivity contribution in [2.24, 2.45) is 5.41 Å². The second-order valence-electron chi connectivity index (χ2n) is 8.80. The number of carboxylic acid groups (broad SMARTS) is 1.